The number of hydrogen-bond acceptors (Lipinski definition) is 3. The topological polar surface area (TPSA) is 51.5 Å². The van der Waals surface area contributed by atoms with Crippen molar-refractivity contribution in [2.75, 3.05) is 0 Å². The van der Waals surface area contributed by atoms with Gasteiger partial charge in [-0.15, -0.1) is 0 Å². The number of halogens is 1. The molecule has 1 aromatic heterocycles. The van der Waals surface area contributed by atoms with Gasteiger partial charge in [0.15, 0.2) is 5.78 Å². The predicted molar refractivity (Wildman–Crippen MR) is 118 cm³/mol. The van der Waals surface area contributed by atoms with Crippen LogP contribution in [0.4, 0.5) is 0 Å². The number of aromatic nitrogens is 1. The molecule has 1 N–H and O–H groups in total. The molecule has 1 fully saturated rings. The van der Waals surface area contributed by atoms with Crippen molar-refractivity contribution in [3.8, 4) is 17.2 Å². The Labute approximate surface area is 179 Å². The minimum absolute atomic E-state index is 0.0711. The molecular formula is C25H20ClNO3. The molecular weight excluding hydrogens is 398 g/mol. The van der Waals surface area contributed by atoms with Gasteiger partial charge in [-0.1, -0.05) is 11.6 Å². The highest BCUT2D eigenvalue weighted by atomic mass is 35.5. The van der Waals surface area contributed by atoms with Gasteiger partial charge in [-0.25, -0.2) is 0 Å². The van der Waals surface area contributed by atoms with Crippen LogP contribution in [0.25, 0.3) is 10.9 Å². The highest BCUT2D eigenvalue weighted by molar-refractivity contribution is 6.30. The molecule has 3 aromatic carbocycles. The second-order valence-electron chi connectivity index (χ2n) is 7.75. The van der Waals surface area contributed by atoms with E-state index < -0.39 is 0 Å². The van der Waals surface area contributed by atoms with Crippen LogP contribution in [0, 0.1) is 5.92 Å². The Bertz CT molecular complexity index is 1220. The molecule has 5 heteroatoms. The Kier molecular flexibility index (Phi) is 4.72. The van der Waals surface area contributed by atoms with Crippen molar-refractivity contribution in [2.45, 2.75) is 19.4 Å². The van der Waals surface area contributed by atoms with Crippen LogP contribution in [0.3, 0.4) is 0 Å². The standard InChI is InChI=1S/C25H20ClNO3/c26-18-5-9-20(10-6-18)30-21-11-12-24-22(13-21)23(15-27(24)14-16-1-2-16)25(29)17-3-7-19(28)8-4-17/h3-13,15-16,28H,1-2,14H2. The summed E-state index contributed by atoms with van der Waals surface area (Å²) in [6, 6.07) is 19.4. The molecule has 0 spiro atoms. The summed E-state index contributed by atoms with van der Waals surface area (Å²) in [6.45, 7) is 0.913. The number of fused-ring (bicyclic) bond motifs is 1. The molecule has 5 rings (SSSR count). The van der Waals surface area contributed by atoms with E-state index in [4.69, 9.17) is 16.3 Å². The summed E-state index contributed by atoms with van der Waals surface area (Å²) in [4.78, 5) is 13.2. The van der Waals surface area contributed by atoms with Gasteiger partial charge in [0.1, 0.15) is 17.2 Å². The summed E-state index contributed by atoms with van der Waals surface area (Å²) in [5, 5.41) is 11.1. The number of hydrogen-bond donors (Lipinski definition) is 1. The molecule has 150 valence electrons. The first-order valence-electron chi connectivity index (χ1n) is 9.97. The monoisotopic (exact) mass is 417 g/mol. The average Bonchev–Trinajstić information content (AvgIpc) is 3.50. The van der Waals surface area contributed by atoms with Crippen molar-refractivity contribution in [2.24, 2.45) is 5.92 Å². The summed E-state index contributed by atoms with van der Waals surface area (Å²) in [5.41, 5.74) is 2.20. The van der Waals surface area contributed by atoms with Gasteiger partial charge < -0.3 is 14.4 Å². The molecule has 0 saturated heterocycles. The quantitative estimate of drug-likeness (QED) is 0.367. The highest BCUT2D eigenvalue weighted by Crippen LogP contribution is 2.35. The number of phenols is 1. The van der Waals surface area contributed by atoms with Crippen molar-refractivity contribution < 1.29 is 14.6 Å². The molecule has 4 nitrogen and oxygen atoms in total. The zero-order valence-corrected chi connectivity index (χ0v) is 17.0. The van der Waals surface area contributed by atoms with Crippen molar-refractivity contribution in [1.82, 2.24) is 4.57 Å². The number of benzene rings is 3. The lowest BCUT2D eigenvalue weighted by Crippen LogP contribution is -2.01. The van der Waals surface area contributed by atoms with Crippen molar-refractivity contribution >= 4 is 28.3 Å². The van der Waals surface area contributed by atoms with Crippen LogP contribution in [0.15, 0.2) is 72.9 Å². The first-order valence-corrected chi connectivity index (χ1v) is 10.3. The van der Waals surface area contributed by atoms with Gasteiger partial charge in [0, 0.05) is 39.8 Å². The van der Waals surface area contributed by atoms with Gasteiger partial charge in [0.2, 0.25) is 0 Å². The van der Waals surface area contributed by atoms with Gasteiger partial charge in [0.05, 0.1) is 0 Å². The smallest absolute Gasteiger partial charge is 0.195 e. The van der Waals surface area contributed by atoms with E-state index in [0.717, 1.165) is 17.4 Å². The second-order valence-corrected chi connectivity index (χ2v) is 8.19. The molecule has 0 bridgehead atoms. The van der Waals surface area contributed by atoms with E-state index >= 15 is 0 Å². The first-order chi connectivity index (χ1) is 14.6. The van der Waals surface area contributed by atoms with Crippen LogP contribution in [-0.2, 0) is 6.54 Å². The van der Waals surface area contributed by atoms with E-state index in [9.17, 15) is 9.90 Å². The number of nitrogens with zero attached hydrogens (tertiary/aromatic N) is 1. The normalized spacial score (nSPS) is 13.5. The van der Waals surface area contributed by atoms with E-state index in [1.807, 2.05) is 36.5 Å². The number of ether oxygens (including phenoxy) is 1. The molecule has 0 unspecified atom stereocenters. The van der Waals surface area contributed by atoms with Crippen LogP contribution in [0.5, 0.6) is 17.2 Å². The van der Waals surface area contributed by atoms with E-state index in [0.29, 0.717) is 33.6 Å². The number of carbonyl (C=O) groups is 1. The van der Waals surface area contributed by atoms with E-state index in [-0.39, 0.29) is 11.5 Å². The van der Waals surface area contributed by atoms with Crippen LogP contribution in [0.1, 0.15) is 28.8 Å². The molecule has 0 aliphatic heterocycles. The zero-order chi connectivity index (χ0) is 20.7. The Morgan fingerprint density at radius 1 is 1.00 bits per heavy atom. The Morgan fingerprint density at radius 3 is 2.40 bits per heavy atom. The average molecular weight is 418 g/mol. The third kappa shape index (κ3) is 3.79. The minimum Gasteiger partial charge on any atom is -0.508 e. The third-order valence-electron chi connectivity index (χ3n) is 5.43. The number of rotatable bonds is 6. The molecule has 4 aromatic rings. The number of carbonyl (C=O) groups excluding carboxylic acids is 1. The maximum Gasteiger partial charge on any atom is 0.195 e. The van der Waals surface area contributed by atoms with E-state index in [1.54, 1.807) is 24.3 Å². The largest absolute Gasteiger partial charge is 0.508 e. The number of ketones is 1. The van der Waals surface area contributed by atoms with Gasteiger partial charge in [-0.05, 0) is 85.5 Å². The first kappa shape index (κ1) is 18.8. The molecule has 0 amide bonds. The van der Waals surface area contributed by atoms with Crippen molar-refractivity contribution in [1.29, 1.82) is 0 Å². The van der Waals surface area contributed by atoms with Crippen molar-refractivity contribution in [3.63, 3.8) is 0 Å². The van der Waals surface area contributed by atoms with Gasteiger partial charge in [0.25, 0.3) is 0 Å². The summed E-state index contributed by atoms with van der Waals surface area (Å²) in [7, 11) is 0. The van der Waals surface area contributed by atoms with Gasteiger partial charge in [-0.3, -0.25) is 4.79 Å². The fourth-order valence-electron chi connectivity index (χ4n) is 3.66. The lowest BCUT2D eigenvalue weighted by Gasteiger charge is -2.08. The zero-order valence-electron chi connectivity index (χ0n) is 16.2. The predicted octanol–water partition coefficient (Wildman–Crippen LogP) is 6.43. The Balaban J connectivity index is 1.56. The maximum atomic E-state index is 13.2. The maximum absolute atomic E-state index is 13.2. The summed E-state index contributed by atoms with van der Waals surface area (Å²) in [6.07, 6.45) is 4.42. The van der Waals surface area contributed by atoms with Crippen LogP contribution in [0.2, 0.25) is 5.02 Å². The Morgan fingerprint density at radius 2 is 1.70 bits per heavy atom. The fraction of sp³-hybridized carbons (Fsp3) is 0.160. The summed E-state index contributed by atoms with van der Waals surface area (Å²) < 4.78 is 8.16. The van der Waals surface area contributed by atoms with Crippen LogP contribution >= 0.6 is 11.6 Å². The SMILES string of the molecule is O=C(c1ccc(O)cc1)c1cn(CC2CC2)c2ccc(Oc3ccc(Cl)cc3)cc12. The molecule has 30 heavy (non-hydrogen) atoms. The van der Waals surface area contributed by atoms with E-state index in [2.05, 4.69) is 4.57 Å². The fourth-order valence-corrected chi connectivity index (χ4v) is 3.78. The van der Waals surface area contributed by atoms with Crippen LogP contribution in [-0.4, -0.2) is 15.5 Å². The lowest BCUT2D eigenvalue weighted by atomic mass is 10.0. The molecule has 1 aliphatic rings. The second kappa shape index (κ2) is 7.54. The highest BCUT2D eigenvalue weighted by Gasteiger charge is 2.24. The minimum atomic E-state index is -0.0711. The lowest BCUT2D eigenvalue weighted by molar-refractivity contribution is 0.104. The molecule has 1 aliphatic carbocycles. The molecule has 0 atom stereocenters. The molecule has 0 radical (unpaired) electrons. The van der Waals surface area contributed by atoms with Crippen LogP contribution < -0.4 is 4.74 Å². The van der Waals surface area contributed by atoms with Gasteiger partial charge >= 0.3 is 0 Å². The molecule has 1 heterocycles. The van der Waals surface area contributed by atoms with Gasteiger partial charge in [-0.2, -0.15) is 0 Å². The number of phenolic OH excluding ortho intramolecular Hbond substituents is 1. The Hall–Kier alpha value is -3.24. The summed E-state index contributed by atoms with van der Waals surface area (Å²) >= 11 is 5.95. The summed E-state index contributed by atoms with van der Waals surface area (Å²) in [5.74, 6) is 2.10. The molecule has 1 saturated carbocycles. The number of aromatic hydroxyl groups is 1. The van der Waals surface area contributed by atoms with E-state index in [1.165, 1.54) is 25.0 Å². The third-order valence-corrected chi connectivity index (χ3v) is 5.68. The van der Waals surface area contributed by atoms with Crippen molar-refractivity contribution in [3.05, 3.63) is 89.1 Å².